The summed E-state index contributed by atoms with van der Waals surface area (Å²) in [5.41, 5.74) is 2.93. The number of benzene rings is 2. The van der Waals surface area contributed by atoms with Crippen molar-refractivity contribution in [3.8, 4) is 11.5 Å². The van der Waals surface area contributed by atoms with Crippen LogP contribution < -0.4 is 20.1 Å². The van der Waals surface area contributed by atoms with Crippen LogP contribution in [0.4, 0.5) is 0 Å². The Bertz CT molecular complexity index is 922. The number of aryl methyl sites for hydroxylation is 1. The van der Waals surface area contributed by atoms with Crippen molar-refractivity contribution in [2.75, 3.05) is 14.2 Å². The van der Waals surface area contributed by atoms with Gasteiger partial charge in [0.25, 0.3) is 0 Å². The number of hydrogen-bond acceptors (Lipinski definition) is 5. The highest BCUT2D eigenvalue weighted by molar-refractivity contribution is 6.06. The van der Waals surface area contributed by atoms with Crippen LogP contribution in [-0.2, 0) is 22.4 Å². The minimum absolute atomic E-state index is 0.116. The molecule has 0 aromatic heterocycles. The molecule has 1 aliphatic heterocycles. The number of hydrogen-bond donors (Lipinski definition) is 2. The largest absolute Gasteiger partial charge is 0.493 e. The van der Waals surface area contributed by atoms with Crippen LogP contribution in [0.15, 0.2) is 47.5 Å². The number of ether oxygens (including phenoxy) is 2. The summed E-state index contributed by atoms with van der Waals surface area (Å²) in [5, 5.41) is 5.32. The molecule has 3 rings (SSSR count). The molecule has 2 aromatic carbocycles. The van der Waals surface area contributed by atoms with Crippen LogP contribution >= 0.6 is 0 Å². The Morgan fingerprint density at radius 2 is 1.79 bits per heavy atom. The van der Waals surface area contributed by atoms with Gasteiger partial charge in [0.2, 0.25) is 17.8 Å². The van der Waals surface area contributed by atoms with Gasteiger partial charge in [-0.1, -0.05) is 37.3 Å². The molecular formula is C22H25N3O4. The van der Waals surface area contributed by atoms with E-state index in [1.165, 1.54) is 5.56 Å². The smallest absolute Gasteiger partial charge is 0.231 e. The van der Waals surface area contributed by atoms with Crippen LogP contribution in [0.25, 0.3) is 0 Å². The van der Waals surface area contributed by atoms with Gasteiger partial charge in [0.15, 0.2) is 11.5 Å². The predicted molar refractivity (Wildman–Crippen MR) is 110 cm³/mol. The maximum absolute atomic E-state index is 12.5. The van der Waals surface area contributed by atoms with E-state index in [2.05, 4.69) is 22.5 Å². The molecule has 7 heteroatoms. The summed E-state index contributed by atoms with van der Waals surface area (Å²) in [4.78, 5) is 29.1. The van der Waals surface area contributed by atoms with Crippen LogP contribution in [0, 0.1) is 0 Å². The highest BCUT2D eigenvalue weighted by Crippen LogP contribution is 2.28. The van der Waals surface area contributed by atoms with E-state index in [9.17, 15) is 9.59 Å². The molecule has 2 N–H and O–H groups in total. The van der Waals surface area contributed by atoms with Gasteiger partial charge in [0.05, 0.1) is 33.1 Å². The molecule has 29 heavy (non-hydrogen) atoms. The van der Waals surface area contributed by atoms with E-state index in [-0.39, 0.29) is 36.7 Å². The molecule has 1 aliphatic rings. The zero-order valence-corrected chi connectivity index (χ0v) is 16.8. The van der Waals surface area contributed by atoms with Gasteiger partial charge in [0, 0.05) is 0 Å². The van der Waals surface area contributed by atoms with Gasteiger partial charge in [-0.15, -0.1) is 0 Å². The number of amides is 2. The number of guanidine groups is 1. The molecule has 0 saturated heterocycles. The lowest BCUT2D eigenvalue weighted by Gasteiger charge is -2.21. The van der Waals surface area contributed by atoms with Crippen molar-refractivity contribution in [2.45, 2.75) is 32.2 Å². The van der Waals surface area contributed by atoms with Crippen LogP contribution in [0.3, 0.4) is 0 Å². The molecule has 7 nitrogen and oxygen atoms in total. The van der Waals surface area contributed by atoms with Crippen molar-refractivity contribution in [3.63, 3.8) is 0 Å². The third kappa shape index (κ3) is 5.13. The summed E-state index contributed by atoms with van der Waals surface area (Å²) < 4.78 is 10.5. The van der Waals surface area contributed by atoms with E-state index in [0.717, 1.165) is 17.5 Å². The maximum atomic E-state index is 12.5. The molecule has 2 aromatic rings. The van der Waals surface area contributed by atoms with E-state index < -0.39 is 0 Å². The van der Waals surface area contributed by atoms with E-state index in [1.807, 2.05) is 24.3 Å². The van der Waals surface area contributed by atoms with Crippen molar-refractivity contribution in [2.24, 2.45) is 4.99 Å². The zero-order chi connectivity index (χ0) is 20.8. The Hall–Kier alpha value is -3.35. The molecule has 1 heterocycles. The number of methoxy groups -OCH3 is 2. The minimum Gasteiger partial charge on any atom is -0.493 e. The van der Waals surface area contributed by atoms with Crippen molar-refractivity contribution >= 4 is 17.8 Å². The number of nitrogens with zero attached hydrogens (tertiary/aromatic N) is 1. The average Bonchev–Trinajstić information content (AvgIpc) is 2.73. The van der Waals surface area contributed by atoms with Gasteiger partial charge in [0.1, 0.15) is 0 Å². The molecule has 0 spiro atoms. The first kappa shape index (κ1) is 20.4. The molecule has 0 radical (unpaired) electrons. The first-order valence-electron chi connectivity index (χ1n) is 9.49. The standard InChI is InChI=1S/C22H25N3O4/c1-4-14-5-8-16(9-6-14)17-13-21(27)25-22(23-17)24-20(26)12-15-7-10-18(28-2)19(11-15)29-3/h5-11,17H,4,12-13H2,1-3H3,(H2,23,24,25,26,27)/t17-/m0/s1. The summed E-state index contributed by atoms with van der Waals surface area (Å²) in [7, 11) is 3.10. The molecule has 0 unspecified atom stereocenters. The lowest BCUT2D eigenvalue weighted by atomic mass is 10.0. The van der Waals surface area contributed by atoms with Crippen LogP contribution in [0.1, 0.15) is 36.1 Å². The van der Waals surface area contributed by atoms with Crippen molar-refractivity contribution in [1.29, 1.82) is 0 Å². The summed E-state index contributed by atoms with van der Waals surface area (Å²) in [5.74, 6) is 0.870. The topological polar surface area (TPSA) is 89.0 Å². The fraction of sp³-hybridized carbons (Fsp3) is 0.318. The monoisotopic (exact) mass is 395 g/mol. The van der Waals surface area contributed by atoms with Crippen LogP contribution in [-0.4, -0.2) is 32.0 Å². The molecular weight excluding hydrogens is 370 g/mol. The van der Waals surface area contributed by atoms with Crippen LogP contribution in [0.2, 0.25) is 0 Å². The first-order chi connectivity index (χ1) is 14.0. The van der Waals surface area contributed by atoms with Gasteiger partial charge in [-0.25, -0.2) is 4.99 Å². The highest BCUT2D eigenvalue weighted by atomic mass is 16.5. The van der Waals surface area contributed by atoms with Crippen molar-refractivity contribution in [3.05, 3.63) is 59.2 Å². The fourth-order valence-electron chi connectivity index (χ4n) is 3.18. The van der Waals surface area contributed by atoms with Gasteiger partial charge >= 0.3 is 0 Å². The number of carbonyl (C=O) groups is 2. The van der Waals surface area contributed by atoms with Gasteiger partial charge in [-0.3, -0.25) is 20.2 Å². The molecule has 0 fully saturated rings. The molecule has 1 atom stereocenters. The van der Waals surface area contributed by atoms with E-state index in [1.54, 1.807) is 32.4 Å². The fourth-order valence-corrected chi connectivity index (χ4v) is 3.18. The lowest BCUT2D eigenvalue weighted by molar-refractivity contribution is -0.120. The Balaban J connectivity index is 1.69. The zero-order valence-electron chi connectivity index (χ0n) is 16.8. The maximum Gasteiger partial charge on any atom is 0.231 e. The molecule has 0 bridgehead atoms. The van der Waals surface area contributed by atoms with Gasteiger partial charge < -0.3 is 9.47 Å². The normalized spacial score (nSPS) is 15.9. The van der Waals surface area contributed by atoms with E-state index in [4.69, 9.17) is 9.47 Å². The van der Waals surface area contributed by atoms with E-state index in [0.29, 0.717) is 11.5 Å². The van der Waals surface area contributed by atoms with E-state index >= 15 is 0 Å². The number of aliphatic imine (C=N–C) groups is 1. The summed E-state index contributed by atoms with van der Waals surface area (Å²) >= 11 is 0. The molecule has 2 amide bonds. The van der Waals surface area contributed by atoms with Gasteiger partial charge in [-0.2, -0.15) is 0 Å². The first-order valence-corrected chi connectivity index (χ1v) is 9.49. The number of nitrogens with one attached hydrogen (secondary N) is 2. The second-order valence-corrected chi connectivity index (χ2v) is 6.76. The molecule has 152 valence electrons. The second kappa shape index (κ2) is 9.23. The van der Waals surface area contributed by atoms with Crippen LogP contribution in [0.5, 0.6) is 11.5 Å². The minimum atomic E-state index is -0.314. The second-order valence-electron chi connectivity index (χ2n) is 6.76. The quantitative estimate of drug-likeness (QED) is 0.787. The van der Waals surface area contributed by atoms with Crippen molar-refractivity contribution in [1.82, 2.24) is 10.6 Å². The Kier molecular flexibility index (Phi) is 6.49. The molecule has 0 aliphatic carbocycles. The number of carbonyl (C=O) groups excluding carboxylic acids is 2. The molecule has 0 saturated carbocycles. The Morgan fingerprint density at radius 3 is 2.45 bits per heavy atom. The average molecular weight is 395 g/mol. The predicted octanol–water partition coefficient (Wildman–Crippen LogP) is 2.54. The SMILES string of the molecule is CCc1ccc([C@@H]2CC(=O)NC(NC(=O)Cc3ccc(OC)c(OC)c3)=N2)cc1. The summed E-state index contributed by atoms with van der Waals surface area (Å²) in [6, 6.07) is 13.0. The Morgan fingerprint density at radius 1 is 1.10 bits per heavy atom. The number of rotatable bonds is 6. The third-order valence-electron chi connectivity index (χ3n) is 4.76. The summed E-state index contributed by atoms with van der Waals surface area (Å²) in [6.45, 7) is 2.09. The lowest BCUT2D eigenvalue weighted by Crippen LogP contribution is -2.47. The highest BCUT2D eigenvalue weighted by Gasteiger charge is 2.23. The van der Waals surface area contributed by atoms with Gasteiger partial charge in [-0.05, 0) is 35.2 Å². The summed E-state index contributed by atoms with van der Waals surface area (Å²) in [6.07, 6.45) is 1.32. The third-order valence-corrected chi connectivity index (χ3v) is 4.76. The Labute approximate surface area is 170 Å². The van der Waals surface area contributed by atoms with Crippen molar-refractivity contribution < 1.29 is 19.1 Å².